The maximum Gasteiger partial charge on any atom is -0.693 e. The Morgan fingerprint density at radius 3 is 2.35 bits per heavy atom. The summed E-state index contributed by atoms with van der Waals surface area (Å²) in [7, 11) is 6.32. The summed E-state index contributed by atoms with van der Waals surface area (Å²) >= 11 is 1.47. The largest absolute Gasteiger partial charge is 0.693 e. The van der Waals surface area contributed by atoms with Crippen LogP contribution in [0.3, 0.4) is 0 Å². The van der Waals surface area contributed by atoms with E-state index in [9.17, 15) is 8.78 Å². The van der Waals surface area contributed by atoms with E-state index in [0.717, 1.165) is 17.7 Å². The first-order valence-electron chi connectivity index (χ1n) is 6.99. The van der Waals surface area contributed by atoms with Crippen molar-refractivity contribution in [2.24, 2.45) is 0 Å². The van der Waals surface area contributed by atoms with E-state index in [1.165, 1.54) is 17.9 Å². The third kappa shape index (κ3) is 8.56. The van der Waals surface area contributed by atoms with Gasteiger partial charge in [-0.15, -0.1) is 12.1 Å². The number of ether oxygens (including phenoxy) is 1. The molecule has 0 atom stereocenters. The average Bonchev–Trinajstić information content (AvgIpc) is 2.66. The standard InChI is InChI=1S/C11H6F2N.C7H9NO.ClH.Ir.H2N/c12-8-4-5-9(10(13)7-8)11-3-1-2-6-14-11;1-9-6-7-2-4-8-5-3-7;;;/h1-4,6-7H;2-5H,6H2,1H3;1H;;1H2/q-1;;;+3;-1/p-1. The zero-order chi connectivity index (χ0) is 18.5. The summed E-state index contributed by atoms with van der Waals surface area (Å²) in [6, 6.07) is 13.4. The van der Waals surface area contributed by atoms with Gasteiger partial charge in [-0.1, -0.05) is 23.8 Å². The number of hydrogen-bond donors (Lipinski definition) is 0. The fraction of sp³-hybridized carbons (Fsp3) is 0.111. The Balaban J connectivity index is 0.000000455. The van der Waals surface area contributed by atoms with Crippen LogP contribution in [0.1, 0.15) is 5.56 Å². The van der Waals surface area contributed by atoms with Crippen LogP contribution in [-0.4, -0.2) is 17.1 Å². The Labute approximate surface area is 166 Å². The predicted octanol–water partition coefficient (Wildman–Crippen LogP) is 5.46. The number of nitrogens with two attached hydrogens (primary N) is 1. The van der Waals surface area contributed by atoms with Crippen LogP contribution in [0.25, 0.3) is 17.4 Å². The van der Waals surface area contributed by atoms with Gasteiger partial charge >= 0.3 is 27.5 Å². The van der Waals surface area contributed by atoms with Crippen LogP contribution in [0.2, 0.25) is 0 Å². The topological polar surface area (TPSA) is 68.5 Å². The van der Waals surface area contributed by atoms with Crippen LogP contribution in [0, 0.1) is 17.7 Å². The predicted molar refractivity (Wildman–Crippen MR) is 94.5 cm³/mol. The number of methoxy groups -OCH3 is 1. The van der Waals surface area contributed by atoms with Crippen LogP contribution in [0.4, 0.5) is 8.78 Å². The molecule has 26 heavy (non-hydrogen) atoms. The summed E-state index contributed by atoms with van der Waals surface area (Å²) < 4.78 is 30.7. The van der Waals surface area contributed by atoms with E-state index < -0.39 is 11.6 Å². The number of benzene rings is 1. The molecule has 0 bridgehead atoms. The van der Waals surface area contributed by atoms with Crippen molar-refractivity contribution in [3.05, 3.63) is 90.5 Å². The molecule has 0 aliphatic rings. The van der Waals surface area contributed by atoms with Crippen molar-refractivity contribution < 1.29 is 31.4 Å². The SMILES string of the molecule is COCc1ccncc1.Fc1c[c-]c(-c2ccccn2)c(F)c1.[Cl][Ir+2].[NH2-]. The Kier molecular flexibility index (Phi) is 13.4. The van der Waals surface area contributed by atoms with Crippen LogP contribution >= 0.6 is 9.58 Å². The quantitative estimate of drug-likeness (QED) is 0.402. The molecule has 3 aromatic rings. The van der Waals surface area contributed by atoms with Crippen LogP contribution in [0.5, 0.6) is 0 Å². The van der Waals surface area contributed by atoms with E-state index in [1.807, 2.05) is 12.1 Å². The van der Waals surface area contributed by atoms with Crippen LogP contribution < -0.4 is 0 Å². The second-order valence-corrected chi connectivity index (χ2v) is 4.54. The van der Waals surface area contributed by atoms with Gasteiger partial charge in [0.1, 0.15) is 0 Å². The van der Waals surface area contributed by atoms with Gasteiger partial charge < -0.3 is 15.9 Å². The fourth-order valence-corrected chi connectivity index (χ4v) is 1.80. The minimum Gasteiger partial charge on any atom is -0.693 e. The van der Waals surface area contributed by atoms with E-state index in [4.69, 9.17) is 4.74 Å². The molecule has 0 aliphatic heterocycles. The normalized spacial score (nSPS) is 8.96. The molecule has 0 aliphatic carbocycles. The fourth-order valence-electron chi connectivity index (χ4n) is 1.80. The second-order valence-electron chi connectivity index (χ2n) is 4.54. The number of rotatable bonds is 3. The average molecular weight is 557 g/mol. The Hall–Kier alpha value is -1.76. The van der Waals surface area contributed by atoms with Crippen molar-refractivity contribution in [1.29, 1.82) is 0 Å². The molecule has 0 saturated heterocycles. The van der Waals surface area contributed by atoms with E-state index in [-0.39, 0.29) is 11.7 Å². The third-order valence-electron chi connectivity index (χ3n) is 2.84. The molecule has 0 unspecified atom stereocenters. The van der Waals surface area contributed by atoms with E-state index in [1.54, 1.807) is 43.9 Å². The molecule has 0 saturated carbocycles. The first-order valence-corrected chi connectivity index (χ1v) is 9.96. The van der Waals surface area contributed by atoms with Gasteiger partial charge in [0.2, 0.25) is 0 Å². The van der Waals surface area contributed by atoms with Gasteiger partial charge in [0.05, 0.1) is 6.61 Å². The smallest absolute Gasteiger partial charge is 0.693 e. The molecule has 2 heterocycles. The van der Waals surface area contributed by atoms with Gasteiger partial charge in [-0.05, 0) is 29.5 Å². The van der Waals surface area contributed by atoms with Gasteiger partial charge in [0, 0.05) is 37.3 Å². The molecule has 4 nitrogen and oxygen atoms in total. The molecule has 140 valence electrons. The van der Waals surface area contributed by atoms with Crippen molar-refractivity contribution in [3.63, 3.8) is 0 Å². The zero-order valence-electron chi connectivity index (χ0n) is 13.8. The summed E-state index contributed by atoms with van der Waals surface area (Å²) in [6.07, 6.45) is 5.06. The summed E-state index contributed by atoms with van der Waals surface area (Å²) in [5.41, 5.74) is 1.80. The first-order chi connectivity index (χ1) is 12.2. The van der Waals surface area contributed by atoms with Gasteiger partial charge in [-0.25, -0.2) is 0 Å². The van der Waals surface area contributed by atoms with Gasteiger partial charge in [-0.2, -0.15) is 0 Å². The Morgan fingerprint density at radius 2 is 1.81 bits per heavy atom. The van der Waals surface area contributed by atoms with E-state index in [2.05, 4.69) is 25.6 Å². The van der Waals surface area contributed by atoms with Crippen molar-refractivity contribution in [2.75, 3.05) is 7.11 Å². The molecule has 2 N–H and O–H groups in total. The molecule has 0 radical (unpaired) electrons. The minimum absolute atomic E-state index is 0. The van der Waals surface area contributed by atoms with Crippen LogP contribution in [0.15, 0.2) is 61.1 Å². The summed E-state index contributed by atoms with van der Waals surface area (Å²) in [5, 5.41) is 0. The molecular formula is C18H17ClF2IrN3O. The molecular weight excluding hydrogens is 540 g/mol. The molecule has 3 rings (SSSR count). The van der Waals surface area contributed by atoms with Gasteiger partial charge in [-0.3, -0.25) is 13.8 Å². The minimum atomic E-state index is -0.649. The van der Waals surface area contributed by atoms with Gasteiger partial charge in [0.15, 0.2) is 0 Å². The number of pyridine rings is 2. The number of nitrogens with zero attached hydrogens (tertiary/aromatic N) is 2. The Bertz CT molecular complexity index is 737. The maximum atomic E-state index is 13.2. The number of aromatic nitrogens is 2. The molecule has 0 fully saturated rings. The van der Waals surface area contributed by atoms with Crippen molar-refractivity contribution in [2.45, 2.75) is 6.61 Å². The van der Waals surface area contributed by atoms with E-state index >= 15 is 0 Å². The number of hydrogen-bond acceptors (Lipinski definition) is 3. The zero-order valence-corrected chi connectivity index (χ0v) is 17.0. The molecule has 1 aromatic carbocycles. The molecule has 0 spiro atoms. The maximum absolute atomic E-state index is 13.2. The van der Waals surface area contributed by atoms with Crippen molar-refractivity contribution >= 4 is 9.58 Å². The monoisotopic (exact) mass is 557 g/mol. The van der Waals surface area contributed by atoms with Crippen molar-refractivity contribution in [3.8, 4) is 11.3 Å². The summed E-state index contributed by atoms with van der Waals surface area (Å²) in [4.78, 5) is 7.82. The van der Waals surface area contributed by atoms with Crippen LogP contribution in [-0.2, 0) is 29.2 Å². The van der Waals surface area contributed by atoms with E-state index in [0.29, 0.717) is 12.3 Å². The number of halogens is 3. The molecule has 2 aromatic heterocycles. The van der Waals surface area contributed by atoms with Crippen molar-refractivity contribution in [1.82, 2.24) is 9.97 Å². The molecule has 8 heteroatoms. The first kappa shape index (κ1) is 24.2. The summed E-state index contributed by atoms with van der Waals surface area (Å²) in [5.74, 6) is -1.29. The third-order valence-corrected chi connectivity index (χ3v) is 2.84. The second kappa shape index (κ2) is 14.4. The molecule has 0 amide bonds. The summed E-state index contributed by atoms with van der Waals surface area (Å²) in [6.45, 7) is 0.669. The Morgan fingerprint density at radius 1 is 1.12 bits per heavy atom. The van der Waals surface area contributed by atoms with Gasteiger partial charge in [0.25, 0.3) is 0 Å².